The second kappa shape index (κ2) is 5.99. The number of hydrogen-bond acceptors (Lipinski definition) is 3. The molecule has 0 aliphatic carbocycles. The van der Waals surface area contributed by atoms with E-state index in [4.69, 9.17) is 5.26 Å². The molecule has 90 valence electrons. The lowest BCUT2D eigenvalue weighted by atomic mass is 10.1. The van der Waals surface area contributed by atoms with Crippen molar-refractivity contribution >= 4 is 17.2 Å². The van der Waals surface area contributed by atoms with Gasteiger partial charge in [-0.1, -0.05) is 18.2 Å². The van der Waals surface area contributed by atoms with Gasteiger partial charge in [0.15, 0.2) is 0 Å². The molecular formula is C14H12N2OS. The van der Waals surface area contributed by atoms with Gasteiger partial charge in [0, 0.05) is 11.4 Å². The van der Waals surface area contributed by atoms with Gasteiger partial charge in [0.25, 0.3) is 0 Å². The first kappa shape index (κ1) is 12.3. The Bertz CT molecular complexity index is 552. The fourth-order valence-electron chi connectivity index (χ4n) is 1.53. The van der Waals surface area contributed by atoms with Crippen LogP contribution < -0.4 is 5.32 Å². The van der Waals surface area contributed by atoms with Crippen LogP contribution in [-0.2, 0) is 17.8 Å². The average Bonchev–Trinajstić information content (AvgIpc) is 2.90. The molecule has 2 rings (SSSR count). The van der Waals surface area contributed by atoms with Crippen molar-refractivity contribution in [1.82, 2.24) is 5.32 Å². The molecule has 0 aliphatic heterocycles. The third kappa shape index (κ3) is 3.44. The van der Waals surface area contributed by atoms with Crippen LogP contribution in [0.15, 0.2) is 41.8 Å². The summed E-state index contributed by atoms with van der Waals surface area (Å²) in [6.07, 6.45) is 0.425. The maximum atomic E-state index is 11.7. The molecule has 0 spiro atoms. The van der Waals surface area contributed by atoms with E-state index in [1.807, 2.05) is 29.6 Å². The molecule has 0 atom stereocenters. The summed E-state index contributed by atoms with van der Waals surface area (Å²) in [7, 11) is 0. The van der Waals surface area contributed by atoms with Crippen LogP contribution in [0.4, 0.5) is 0 Å². The summed E-state index contributed by atoms with van der Waals surface area (Å²) < 4.78 is 0. The van der Waals surface area contributed by atoms with Crippen molar-refractivity contribution in [2.45, 2.75) is 13.0 Å². The van der Waals surface area contributed by atoms with Crippen LogP contribution in [0.3, 0.4) is 0 Å². The van der Waals surface area contributed by atoms with E-state index < -0.39 is 0 Å². The molecule has 1 N–H and O–H groups in total. The highest BCUT2D eigenvalue weighted by molar-refractivity contribution is 7.10. The van der Waals surface area contributed by atoms with E-state index in [0.29, 0.717) is 18.5 Å². The summed E-state index contributed by atoms with van der Waals surface area (Å²) >= 11 is 1.58. The van der Waals surface area contributed by atoms with Crippen LogP contribution >= 0.6 is 11.3 Å². The van der Waals surface area contributed by atoms with Crippen LogP contribution in [0.1, 0.15) is 16.0 Å². The number of carbonyl (C=O) groups is 1. The highest BCUT2D eigenvalue weighted by Gasteiger charge is 2.03. The molecule has 1 aromatic carbocycles. The van der Waals surface area contributed by atoms with E-state index in [9.17, 15) is 4.79 Å². The predicted octanol–water partition coefficient (Wildman–Crippen LogP) is 2.48. The Morgan fingerprint density at radius 2 is 2.06 bits per heavy atom. The predicted molar refractivity (Wildman–Crippen MR) is 71.0 cm³/mol. The lowest BCUT2D eigenvalue weighted by Crippen LogP contribution is -2.24. The van der Waals surface area contributed by atoms with Gasteiger partial charge in [-0.2, -0.15) is 5.26 Å². The Kier molecular flexibility index (Phi) is 4.11. The van der Waals surface area contributed by atoms with E-state index >= 15 is 0 Å². The Hall–Kier alpha value is -2.12. The molecule has 3 nitrogen and oxygen atoms in total. The number of carbonyl (C=O) groups excluding carboxylic acids is 1. The molecule has 0 bridgehead atoms. The van der Waals surface area contributed by atoms with Gasteiger partial charge >= 0.3 is 0 Å². The standard InChI is InChI=1S/C14H12N2OS/c15-9-11-3-5-12(6-4-11)10-16-14(17)8-13-2-1-7-18-13/h1-7H,8,10H2,(H,16,17). The highest BCUT2D eigenvalue weighted by Crippen LogP contribution is 2.09. The fourth-order valence-corrected chi connectivity index (χ4v) is 2.24. The van der Waals surface area contributed by atoms with Crippen molar-refractivity contribution in [1.29, 1.82) is 5.26 Å². The SMILES string of the molecule is N#Cc1ccc(CNC(=O)Cc2cccs2)cc1. The highest BCUT2D eigenvalue weighted by atomic mass is 32.1. The zero-order valence-corrected chi connectivity index (χ0v) is 10.5. The summed E-state index contributed by atoms with van der Waals surface area (Å²) in [5.41, 5.74) is 1.62. The first-order valence-electron chi connectivity index (χ1n) is 5.56. The second-order valence-electron chi connectivity index (χ2n) is 3.84. The Morgan fingerprint density at radius 1 is 1.28 bits per heavy atom. The van der Waals surface area contributed by atoms with E-state index in [0.717, 1.165) is 10.4 Å². The molecule has 0 saturated carbocycles. The summed E-state index contributed by atoms with van der Waals surface area (Å²) in [5, 5.41) is 13.5. The van der Waals surface area contributed by atoms with E-state index in [1.54, 1.807) is 23.5 Å². The summed E-state index contributed by atoms with van der Waals surface area (Å²) in [4.78, 5) is 12.7. The molecule has 0 saturated heterocycles. The number of nitriles is 1. The van der Waals surface area contributed by atoms with Crippen LogP contribution in [-0.4, -0.2) is 5.91 Å². The normalized spacial score (nSPS) is 9.72. The number of nitrogens with zero attached hydrogens (tertiary/aromatic N) is 1. The third-order valence-electron chi connectivity index (χ3n) is 2.49. The number of benzene rings is 1. The van der Waals surface area contributed by atoms with Gasteiger partial charge in [0.1, 0.15) is 0 Å². The summed E-state index contributed by atoms with van der Waals surface area (Å²) in [6, 6.07) is 13.2. The van der Waals surface area contributed by atoms with Crippen LogP contribution in [0.2, 0.25) is 0 Å². The van der Waals surface area contributed by atoms with Gasteiger partial charge in [-0.3, -0.25) is 4.79 Å². The molecule has 1 aromatic heterocycles. The van der Waals surface area contributed by atoms with Crippen molar-refractivity contribution in [2.75, 3.05) is 0 Å². The maximum absolute atomic E-state index is 11.7. The van der Waals surface area contributed by atoms with Crippen molar-refractivity contribution in [3.05, 3.63) is 57.8 Å². The van der Waals surface area contributed by atoms with Gasteiger partial charge in [0.2, 0.25) is 5.91 Å². The molecule has 1 amide bonds. The molecule has 18 heavy (non-hydrogen) atoms. The van der Waals surface area contributed by atoms with Crippen molar-refractivity contribution in [3.63, 3.8) is 0 Å². The van der Waals surface area contributed by atoms with E-state index in [1.165, 1.54) is 0 Å². The third-order valence-corrected chi connectivity index (χ3v) is 3.36. The van der Waals surface area contributed by atoms with Crippen molar-refractivity contribution < 1.29 is 4.79 Å². The Balaban J connectivity index is 1.83. The summed E-state index contributed by atoms with van der Waals surface area (Å²) in [5.74, 6) is 0.0156. The number of thiophene rings is 1. The van der Waals surface area contributed by atoms with Crippen molar-refractivity contribution in [3.8, 4) is 6.07 Å². The van der Waals surface area contributed by atoms with Crippen LogP contribution in [0.5, 0.6) is 0 Å². The fraction of sp³-hybridized carbons (Fsp3) is 0.143. The number of amides is 1. The minimum atomic E-state index is 0.0156. The minimum absolute atomic E-state index is 0.0156. The number of nitrogens with one attached hydrogen (secondary N) is 1. The molecule has 0 aliphatic rings. The van der Waals surface area contributed by atoms with Gasteiger partial charge in [-0.25, -0.2) is 0 Å². The van der Waals surface area contributed by atoms with Gasteiger partial charge < -0.3 is 5.32 Å². The lowest BCUT2D eigenvalue weighted by molar-refractivity contribution is -0.120. The quantitative estimate of drug-likeness (QED) is 0.913. The monoisotopic (exact) mass is 256 g/mol. The smallest absolute Gasteiger partial charge is 0.225 e. The van der Waals surface area contributed by atoms with Crippen LogP contribution in [0.25, 0.3) is 0 Å². The lowest BCUT2D eigenvalue weighted by Gasteiger charge is -2.04. The molecule has 1 heterocycles. The second-order valence-corrected chi connectivity index (χ2v) is 4.87. The van der Waals surface area contributed by atoms with Gasteiger partial charge in [-0.15, -0.1) is 11.3 Å². The molecule has 0 radical (unpaired) electrons. The minimum Gasteiger partial charge on any atom is -0.352 e. The molecular weight excluding hydrogens is 244 g/mol. The topological polar surface area (TPSA) is 52.9 Å². The van der Waals surface area contributed by atoms with E-state index in [-0.39, 0.29) is 5.91 Å². The average molecular weight is 256 g/mol. The van der Waals surface area contributed by atoms with Gasteiger partial charge in [0.05, 0.1) is 18.1 Å². The zero-order valence-electron chi connectivity index (χ0n) is 9.72. The van der Waals surface area contributed by atoms with E-state index in [2.05, 4.69) is 11.4 Å². The zero-order chi connectivity index (χ0) is 12.8. The largest absolute Gasteiger partial charge is 0.352 e. The molecule has 4 heteroatoms. The first-order chi connectivity index (χ1) is 8.78. The Morgan fingerprint density at radius 3 is 2.67 bits per heavy atom. The first-order valence-corrected chi connectivity index (χ1v) is 6.44. The molecule has 0 fully saturated rings. The Labute approximate surface area is 110 Å². The summed E-state index contributed by atoms with van der Waals surface area (Å²) in [6.45, 7) is 0.496. The molecule has 0 unspecified atom stereocenters. The van der Waals surface area contributed by atoms with Gasteiger partial charge in [-0.05, 0) is 29.1 Å². The van der Waals surface area contributed by atoms with Crippen LogP contribution in [0, 0.1) is 11.3 Å². The maximum Gasteiger partial charge on any atom is 0.225 e. The molecule has 2 aromatic rings. The van der Waals surface area contributed by atoms with Crippen molar-refractivity contribution in [2.24, 2.45) is 0 Å². The number of hydrogen-bond donors (Lipinski definition) is 1. The number of rotatable bonds is 4.